The van der Waals surface area contributed by atoms with Crippen LogP contribution in [0.3, 0.4) is 0 Å². The van der Waals surface area contributed by atoms with Crippen LogP contribution >= 0.6 is 0 Å². The maximum atomic E-state index is 6.31. The van der Waals surface area contributed by atoms with E-state index in [4.69, 9.17) is 10.5 Å². The van der Waals surface area contributed by atoms with E-state index in [1.165, 1.54) is 25.7 Å². The Morgan fingerprint density at radius 3 is 2.33 bits per heavy atom. The largest absolute Gasteiger partial charge is 0.381 e. The molecule has 0 aromatic heterocycles. The average molecular weight is 169 g/mol. The van der Waals surface area contributed by atoms with E-state index in [0.29, 0.717) is 0 Å². The minimum atomic E-state index is 0.184. The van der Waals surface area contributed by atoms with Crippen LogP contribution in [0.25, 0.3) is 0 Å². The molecule has 0 unspecified atom stereocenters. The van der Waals surface area contributed by atoms with Crippen LogP contribution < -0.4 is 5.73 Å². The Morgan fingerprint density at radius 2 is 1.83 bits per heavy atom. The molecule has 2 N–H and O–H groups in total. The molecule has 0 radical (unpaired) electrons. The Kier molecular flexibility index (Phi) is 2.13. The van der Waals surface area contributed by atoms with E-state index in [1.807, 2.05) is 0 Å². The van der Waals surface area contributed by atoms with Crippen molar-refractivity contribution in [3.63, 3.8) is 0 Å². The quantitative estimate of drug-likeness (QED) is 0.646. The molecule has 0 aromatic rings. The van der Waals surface area contributed by atoms with Gasteiger partial charge in [-0.2, -0.15) is 0 Å². The van der Waals surface area contributed by atoms with Crippen molar-refractivity contribution in [3.05, 3.63) is 0 Å². The van der Waals surface area contributed by atoms with Crippen LogP contribution in [0, 0.1) is 11.8 Å². The fourth-order valence-corrected chi connectivity index (χ4v) is 2.84. The van der Waals surface area contributed by atoms with Gasteiger partial charge in [-0.3, -0.25) is 0 Å². The summed E-state index contributed by atoms with van der Waals surface area (Å²) in [5.41, 5.74) is 6.50. The second-order valence-electron chi connectivity index (χ2n) is 4.63. The Bertz CT molecular complexity index is 157. The second kappa shape index (κ2) is 3.00. The molecule has 2 heteroatoms. The summed E-state index contributed by atoms with van der Waals surface area (Å²) >= 11 is 0. The van der Waals surface area contributed by atoms with Gasteiger partial charge in [-0.05, 0) is 37.5 Å². The first-order valence-electron chi connectivity index (χ1n) is 5.07. The smallest absolute Gasteiger partial charge is 0.0469 e. The Balaban J connectivity index is 1.90. The maximum absolute atomic E-state index is 6.31. The van der Waals surface area contributed by atoms with Gasteiger partial charge in [0.05, 0.1) is 0 Å². The summed E-state index contributed by atoms with van der Waals surface area (Å²) in [5, 5.41) is 0. The predicted octanol–water partition coefficient (Wildman–Crippen LogP) is 1.54. The number of hydrogen-bond donors (Lipinski definition) is 1. The van der Waals surface area contributed by atoms with E-state index in [0.717, 1.165) is 25.0 Å². The predicted molar refractivity (Wildman–Crippen MR) is 48.9 cm³/mol. The number of ether oxygens (including phenoxy) is 1. The van der Waals surface area contributed by atoms with Gasteiger partial charge in [-0.1, -0.05) is 6.92 Å². The SMILES string of the molecule is CC1CC(N)(C2CCOCC2)C1. The van der Waals surface area contributed by atoms with Gasteiger partial charge in [0, 0.05) is 18.8 Å². The third kappa shape index (κ3) is 1.38. The number of hydrogen-bond acceptors (Lipinski definition) is 2. The fourth-order valence-electron chi connectivity index (χ4n) is 2.84. The van der Waals surface area contributed by atoms with Gasteiger partial charge in [-0.15, -0.1) is 0 Å². The van der Waals surface area contributed by atoms with Crippen molar-refractivity contribution >= 4 is 0 Å². The first kappa shape index (κ1) is 8.52. The number of nitrogens with two attached hydrogens (primary N) is 1. The lowest BCUT2D eigenvalue weighted by Gasteiger charge is -2.50. The minimum absolute atomic E-state index is 0.184. The zero-order chi connectivity index (χ0) is 8.60. The van der Waals surface area contributed by atoms with Crippen LogP contribution in [0.4, 0.5) is 0 Å². The molecule has 2 fully saturated rings. The molecule has 0 atom stereocenters. The average Bonchev–Trinajstić information content (AvgIpc) is 2.04. The molecule has 2 aliphatic rings. The van der Waals surface area contributed by atoms with Crippen LogP contribution in [-0.4, -0.2) is 18.8 Å². The van der Waals surface area contributed by atoms with Gasteiger partial charge in [0.25, 0.3) is 0 Å². The van der Waals surface area contributed by atoms with Crippen molar-refractivity contribution in [3.8, 4) is 0 Å². The molecule has 2 rings (SSSR count). The van der Waals surface area contributed by atoms with Crippen molar-refractivity contribution in [1.29, 1.82) is 0 Å². The van der Waals surface area contributed by atoms with E-state index >= 15 is 0 Å². The summed E-state index contributed by atoms with van der Waals surface area (Å²) in [5.74, 6) is 1.60. The molecule has 1 saturated carbocycles. The molecule has 70 valence electrons. The summed E-state index contributed by atoms with van der Waals surface area (Å²) in [6.07, 6.45) is 4.84. The molecule has 0 bridgehead atoms. The normalized spacial score (nSPS) is 44.0. The summed E-state index contributed by atoms with van der Waals surface area (Å²) in [6.45, 7) is 4.15. The van der Waals surface area contributed by atoms with Crippen molar-refractivity contribution in [2.45, 2.75) is 38.1 Å². The van der Waals surface area contributed by atoms with E-state index in [2.05, 4.69) is 6.92 Å². The number of rotatable bonds is 1. The highest BCUT2D eigenvalue weighted by Gasteiger charge is 2.44. The first-order valence-corrected chi connectivity index (χ1v) is 5.07. The standard InChI is InChI=1S/C10H19NO/c1-8-6-10(11,7-8)9-2-4-12-5-3-9/h8-9H,2-7,11H2,1H3. The van der Waals surface area contributed by atoms with E-state index in [1.54, 1.807) is 0 Å². The molecule has 0 spiro atoms. The minimum Gasteiger partial charge on any atom is -0.381 e. The van der Waals surface area contributed by atoms with Crippen molar-refractivity contribution in [2.75, 3.05) is 13.2 Å². The summed E-state index contributed by atoms with van der Waals surface area (Å²) in [4.78, 5) is 0. The van der Waals surface area contributed by atoms with Gasteiger partial charge in [0.1, 0.15) is 0 Å². The molecule has 1 aliphatic carbocycles. The maximum Gasteiger partial charge on any atom is 0.0469 e. The first-order chi connectivity index (χ1) is 5.71. The van der Waals surface area contributed by atoms with E-state index < -0.39 is 0 Å². The Labute approximate surface area is 74.5 Å². The lowest BCUT2D eigenvalue weighted by atomic mass is 9.61. The van der Waals surface area contributed by atoms with Crippen molar-refractivity contribution in [2.24, 2.45) is 17.6 Å². The van der Waals surface area contributed by atoms with Gasteiger partial charge >= 0.3 is 0 Å². The monoisotopic (exact) mass is 169 g/mol. The topological polar surface area (TPSA) is 35.2 Å². The highest BCUT2D eigenvalue weighted by atomic mass is 16.5. The van der Waals surface area contributed by atoms with Crippen LogP contribution in [0.15, 0.2) is 0 Å². The van der Waals surface area contributed by atoms with Crippen molar-refractivity contribution in [1.82, 2.24) is 0 Å². The molecule has 2 nitrogen and oxygen atoms in total. The van der Waals surface area contributed by atoms with Crippen LogP contribution in [0.2, 0.25) is 0 Å². The second-order valence-corrected chi connectivity index (χ2v) is 4.63. The summed E-state index contributed by atoms with van der Waals surface area (Å²) in [6, 6.07) is 0. The third-order valence-corrected chi connectivity index (χ3v) is 3.49. The molecule has 1 saturated heterocycles. The third-order valence-electron chi connectivity index (χ3n) is 3.49. The molecular formula is C10H19NO. The summed E-state index contributed by atoms with van der Waals surface area (Å²) < 4.78 is 5.33. The van der Waals surface area contributed by atoms with Gasteiger partial charge in [-0.25, -0.2) is 0 Å². The van der Waals surface area contributed by atoms with E-state index in [9.17, 15) is 0 Å². The van der Waals surface area contributed by atoms with Gasteiger partial charge in [0.15, 0.2) is 0 Å². The lowest BCUT2D eigenvalue weighted by Crippen LogP contribution is -2.57. The fraction of sp³-hybridized carbons (Fsp3) is 1.00. The van der Waals surface area contributed by atoms with Crippen LogP contribution in [-0.2, 0) is 4.74 Å². The lowest BCUT2D eigenvalue weighted by molar-refractivity contribution is -0.00132. The Morgan fingerprint density at radius 1 is 1.25 bits per heavy atom. The Hall–Kier alpha value is -0.0800. The summed E-state index contributed by atoms with van der Waals surface area (Å²) in [7, 11) is 0. The van der Waals surface area contributed by atoms with E-state index in [-0.39, 0.29) is 5.54 Å². The van der Waals surface area contributed by atoms with Crippen molar-refractivity contribution < 1.29 is 4.74 Å². The molecule has 1 aliphatic heterocycles. The molecule has 12 heavy (non-hydrogen) atoms. The highest BCUT2D eigenvalue weighted by Crippen LogP contribution is 2.44. The molecule has 0 aromatic carbocycles. The molecule has 1 heterocycles. The molecule has 0 amide bonds. The van der Waals surface area contributed by atoms with Crippen LogP contribution in [0.1, 0.15) is 32.6 Å². The zero-order valence-electron chi connectivity index (χ0n) is 7.88. The van der Waals surface area contributed by atoms with Gasteiger partial charge in [0.2, 0.25) is 0 Å². The highest BCUT2D eigenvalue weighted by molar-refractivity contribution is 5.01. The zero-order valence-corrected chi connectivity index (χ0v) is 7.88. The van der Waals surface area contributed by atoms with Crippen LogP contribution in [0.5, 0.6) is 0 Å². The molecular weight excluding hydrogens is 150 g/mol. The van der Waals surface area contributed by atoms with Gasteiger partial charge < -0.3 is 10.5 Å².